The Labute approximate surface area is 93.1 Å². The zero-order valence-electron chi connectivity index (χ0n) is 8.70. The molecular formula is C10H14N6+2. The first-order valence-electron chi connectivity index (χ1n) is 4.62. The molecular weight excluding hydrogens is 204 g/mol. The van der Waals surface area contributed by atoms with Crippen LogP contribution in [0.5, 0.6) is 0 Å². The molecule has 0 unspecified atom stereocenters. The van der Waals surface area contributed by atoms with E-state index in [2.05, 4.69) is 9.98 Å². The van der Waals surface area contributed by atoms with Gasteiger partial charge in [0.25, 0.3) is 5.96 Å². The lowest BCUT2D eigenvalue weighted by atomic mass is 10.1. The molecule has 0 amide bonds. The average molecular weight is 218 g/mol. The first kappa shape index (κ1) is 11.5. The van der Waals surface area contributed by atoms with Gasteiger partial charge in [0, 0.05) is 5.56 Å². The van der Waals surface area contributed by atoms with E-state index >= 15 is 0 Å². The van der Waals surface area contributed by atoms with Gasteiger partial charge in [-0.05, 0) is 12.1 Å². The van der Waals surface area contributed by atoms with Gasteiger partial charge in [-0.1, -0.05) is 12.1 Å². The molecule has 0 atom stereocenters. The number of guanidine groups is 2. The quantitative estimate of drug-likeness (QED) is 0.254. The SMILES string of the molecule is N#Cc1ccc(C[NH+]=C(N)[NH+]=C(N)N)cc1. The Bertz CT molecular complexity index is 447. The van der Waals surface area contributed by atoms with Crippen LogP contribution in [0.3, 0.4) is 0 Å². The Hall–Kier alpha value is -2.55. The van der Waals surface area contributed by atoms with Crippen LogP contribution in [-0.4, -0.2) is 11.9 Å². The van der Waals surface area contributed by atoms with E-state index in [4.69, 9.17) is 22.5 Å². The Balaban J connectivity index is 2.68. The molecule has 1 rings (SSSR count). The maximum atomic E-state index is 8.62. The topological polar surface area (TPSA) is 130 Å². The van der Waals surface area contributed by atoms with Crippen molar-refractivity contribution < 1.29 is 9.98 Å². The highest BCUT2D eigenvalue weighted by atomic mass is 15.1. The third-order valence-electron chi connectivity index (χ3n) is 1.85. The van der Waals surface area contributed by atoms with Crippen LogP contribution in [0.15, 0.2) is 24.3 Å². The molecule has 6 nitrogen and oxygen atoms in total. The molecule has 6 heteroatoms. The normalized spacial score (nSPS) is 10.6. The van der Waals surface area contributed by atoms with E-state index < -0.39 is 0 Å². The highest BCUT2D eigenvalue weighted by Gasteiger charge is 2.03. The summed E-state index contributed by atoms with van der Waals surface area (Å²) in [5, 5.41) is 8.62. The van der Waals surface area contributed by atoms with Crippen molar-refractivity contribution >= 4 is 11.9 Å². The minimum atomic E-state index is 0.0322. The van der Waals surface area contributed by atoms with Crippen LogP contribution in [0.2, 0.25) is 0 Å². The summed E-state index contributed by atoms with van der Waals surface area (Å²) in [7, 11) is 0. The van der Waals surface area contributed by atoms with Crippen LogP contribution >= 0.6 is 0 Å². The summed E-state index contributed by atoms with van der Waals surface area (Å²) in [5.41, 5.74) is 17.6. The summed E-state index contributed by atoms with van der Waals surface area (Å²) in [6, 6.07) is 9.21. The van der Waals surface area contributed by atoms with Gasteiger partial charge < -0.3 is 11.5 Å². The fourth-order valence-electron chi connectivity index (χ4n) is 1.09. The van der Waals surface area contributed by atoms with E-state index in [-0.39, 0.29) is 11.9 Å². The Morgan fingerprint density at radius 1 is 1.19 bits per heavy atom. The standard InChI is InChI=1S/C10H12N6/c11-5-7-1-3-8(4-2-7)6-15-10(14)16-9(12)13/h1-4H,6H2,(H6,12,13,14,15,16)/p+2. The largest absolute Gasteiger partial charge is 0.517 e. The van der Waals surface area contributed by atoms with Crippen molar-refractivity contribution in [2.45, 2.75) is 6.54 Å². The Morgan fingerprint density at radius 3 is 2.31 bits per heavy atom. The molecule has 1 aromatic carbocycles. The fourth-order valence-corrected chi connectivity index (χ4v) is 1.09. The number of rotatable bonds is 2. The summed E-state index contributed by atoms with van der Waals surface area (Å²) in [4.78, 5) is 5.43. The molecule has 16 heavy (non-hydrogen) atoms. The van der Waals surface area contributed by atoms with Gasteiger partial charge in [0.2, 0.25) is 0 Å². The highest BCUT2D eigenvalue weighted by Crippen LogP contribution is 2.00. The second-order valence-electron chi connectivity index (χ2n) is 3.16. The van der Waals surface area contributed by atoms with Crippen LogP contribution in [0.1, 0.15) is 11.1 Å². The molecule has 82 valence electrons. The summed E-state index contributed by atoms with van der Waals surface area (Å²) >= 11 is 0. The third-order valence-corrected chi connectivity index (χ3v) is 1.85. The first-order valence-corrected chi connectivity index (χ1v) is 4.62. The number of hydrogen-bond donors (Lipinski definition) is 5. The van der Waals surface area contributed by atoms with Crippen molar-refractivity contribution in [1.29, 1.82) is 5.26 Å². The third kappa shape index (κ3) is 3.67. The summed E-state index contributed by atoms with van der Waals surface area (Å²) < 4.78 is 0. The average Bonchev–Trinajstić information content (AvgIpc) is 2.26. The molecule has 1 aromatic rings. The minimum Gasteiger partial charge on any atom is -0.345 e. The van der Waals surface area contributed by atoms with Crippen molar-refractivity contribution in [2.24, 2.45) is 17.2 Å². The van der Waals surface area contributed by atoms with E-state index in [1.165, 1.54) is 0 Å². The number of nitrogens with one attached hydrogen (secondary N) is 2. The van der Waals surface area contributed by atoms with Gasteiger partial charge in [0.1, 0.15) is 6.54 Å². The molecule has 8 N–H and O–H groups in total. The lowest BCUT2D eigenvalue weighted by molar-refractivity contribution is -0.536. The Kier molecular flexibility index (Phi) is 3.86. The Morgan fingerprint density at radius 2 is 1.81 bits per heavy atom. The van der Waals surface area contributed by atoms with Gasteiger partial charge >= 0.3 is 5.96 Å². The van der Waals surface area contributed by atoms with E-state index in [9.17, 15) is 0 Å². The summed E-state index contributed by atoms with van der Waals surface area (Å²) in [5.74, 6) is 0.314. The highest BCUT2D eigenvalue weighted by molar-refractivity contribution is 5.75. The van der Waals surface area contributed by atoms with E-state index in [0.29, 0.717) is 12.1 Å². The predicted octanol–water partition coefficient (Wildman–Crippen LogP) is -4.19. The molecule has 0 aliphatic heterocycles. The van der Waals surface area contributed by atoms with Crippen LogP contribution < -0.4 is 27.2 Å². The van der Waals surface area contributed by atoms with Crippen molar-refractivity contribution in [3.63, 3.8) is 0 Å². The maximum Gasteiger partial charge on any atom is 0.517 e. The van der Waals surface area contributed by atoms with Crippen molar-refractivity contribution in [2.75, 3.05) is 0 Å². The van der Waals surface area contributed by atoms with Gasteiger partial charge in [0.15, 0.2) is 0 Å². The van der Waals surface area contributed by atoms with Gasteiger partial charge in [-0.3, -0.25) is 0 Å². The number of nitriles is 1. The van der Waals surface area contributed by atoms with E-state index in [1.807, 2.05) is 18.2 Å². The molecule has 0 aromatic heterocycles. The van der Waals surface area contributed by atoms with Crippen LogP contribution in [-0.2, 0) is 6.54 Å². The minimum absolute atomic E-state index is 0.0322. The van der Waals surface area contributed by atoms with Crippen molar-refractivity contribution in [3.8, 4) is 6.07 Å². The molecule has 0 aliphatic rings. The summed E-state index contributed by atoms with van der Waals surface area (Å²) in [6.45, 7) is 0.526. The predicted molar refractivity (Wildman–Crippen MR) is 59.4 cm³/mol. The summed E-state index contributed by atoms with van der Waals surface area (Å²) in [6.07, 6.45) is 0. The maximum absolute atomic E-state index is 8.62. The second-order valence-corrected chi connectivity index (χ2v) is 3.16. The first-order chi connectivity index (χ1) is 7.61. The van der Waals surface area contributed by atoms with Gasteiger partial charge in [-0.25, -0.2) is 5.73 Å². The van der Waals surface area contributed by atoms with Crippen LogP contribution in [0.4, 0.5) is 0 Å². The molecule has 0 heterocycles. The van der Waals surface area contributed by atoms with Gasteiger partial charge in [0.05, 0.1) is 11.6 Å². The van der Waals surface area contributed by atoms with E-state index in [0.717, 1.165) is 5.56 Å². The number of benzene rings is 1. The lowest BCUT2D eigenvalue weighted by Crippen LogP contribution is -2.97. The smallest absolute Gasteiger partial charge is 0.345 e. The monoisotopic (exact) mass is 218 g/mol. The number of nitrogens with zero attached hydrogens (tertiary/aromatic N) is 1. The molecule has 0 fully saturated rings. The van der Waals surface area contributed by atoms with Crippen LogP contribution in [0, 0.1) is 11.3 Å². The van der Waals surface area contributed by atoms with Gasteiger partial charge in [-0.2, -0.15) is 10.3 Å². The molecule has 0 saturated carbocycles. The molecule has 0 saturated heterocycles. The van der Waals surface area contributed by atoms with E-state index in [1.54, 1.807) is 12.1 Å². The fraction of sp³-hybridized carbons (Fsp3) is 0.100. The molecule has 0 aliphatic carbocycles. The molecule has 0 radical (unpaired) electrons. The molecule has 0 bridgehead atoms. The van der Waals surface area contributed by atoms with Crippen molar-refractivity contribution in [3.05, 3.63) is 35.4 Å². The van der Waals surface area contributed by atoms with Gasteiger partial charge in [-0.15, -0.1) is 4.99 Å². The van der Waals surface area contributed by atoms with Crippen molar-refractivity contribution in [1.82, 2.24) is 0 Å². The van der Waals surface area contributed by atoms with Crippen LogP contribution in [0.25, 0.3) is 0 Å². The number of hydrogen-bond acceptors (Lipinski definition) is 1. The lowest BCUT2D eigenvalue weighted by Gasteiger charge is -1.92. The molecule has 0 spiro atoms. The second kappa shape index (κ2) is 5.36. The zero-order chi connectivity index (χ0) is 12.0. The number of nitrogens with two attached hydrogens (primary N) is 3. The zero-order valence-corrected chi connectivity index (χ0v) is 8.70.